The standard InChI is InChI=1S/C15H21NO2/c1-11-4-5-12(10-11)15(17)16(2)13-6-8-14(18-3)9-7-13/h6-9,11-12H,4-5,10H2,1-3H3/t11-,12?/m0/s1. The third kappa shape index (κ3) is 2.66. The van der Waals surface area contributed by atoms with Crippen LogP contribution in [0.1, 0.15) is 26.2 Å². The maximum atomic E-state index is 12.3. The first-order valence-electron chi connectivity index (χ1n) is 6.53. The lowest BCUT2D eigenvalue weighted by atomic mass is 10.0. The molecule has 1 aromatic rings. The second kappa shape index (κ2) is 5.42. The van der Waals surface area contributed by atoms with E-state index in [-0.39, 0.29) is 11.8 Å². The first kappa shape index (κ1) is 12.9. The van der Waals surface area contributed by atoms with Crippen molar-refractivity contribution in [3.05, 3.63) is 24.3 Å². The lowest BCUT2D eigenvalue weighted by Gasteiger charge is -2.21. The molecule has 1 aliphatic carbocycles. The molecule has 2 rings (SSSR count). The summed E-state index contributed by atoms with van der Waals surface area (Å²) in [6.07, 6.45) is 3.23. The third-order valence-electron chi connectivity index (χ3n) is 3.83. The number of ether oxygens (including phenoxy) is 1. The van der Waals surface area contributed by atoms with Gasteiger partial charge in [-0.05, 0) is 49.4 Å². The van der Waals surface area contributed by atoms with Crippen LogP contribution in [0.25, 0.3) is 0 Å². The van der Waals surface area contributed by atoms with Crippen LogP contribution < -0.4 is 9.64 Å². The molecule has 0 aromatic heterocycles. The van der Waals surface area contributed by atoms with E-state index in [1.165, 1.54) is 6.42 Å². The molecule has 2 atom stereocenters. The van der Waals surface area contributed by atoms with Gasteiger partial charge in [0.2, 0.25) is 5.91 Å². The Kier molecular flexibility index (Phi) is 3.90. The summed E-state index contributed by atoms with van der Waals surface area (Å²) >= 11 is 0. The average Bonchev–Trinajstić information content (AvgIpc) is 2.84. The van der Waals surface area contributed by atoms with Gasteiger partial charge in [-0.25, -0.2) is 0 Å². The summed E-state index contributed by atoms with van der Waals surface area (Å²) in [5.74, 6) is 1.94. The number of benzene rings is 1. The second-order valence-corrected chi connectivity index (χ2v) is 5.21. The van der Waals surface area contributed by atoms with Gasteiger partial charge < -0.3 is 9.64 Å². The van der Waals surface area contributed by atoms with E-state index in [0.29, 0.717) is 5.92 Å². The summed E-state index contributed by atoms with van der Waals surface area (Å²) in [7, 11) is 3.50. The van der Waals surface area contributed by atoms with Gasteiger partial charge in [-0.1, -0.05) is 6.92 Å². The zero-order valence-corrected chi connectivity index (χ0v) is 11.3. The molecule has 98 valence electrons. The number of nitrogens with zero attached hydrogens (tertiary/aromatic N) is 1. The van der Waals surface area contributed by atoms with Crippen LogP contribution in [0, 0.1) is 11.8 Å². The first-order chi connectivity index (χ1) is 8.61. The van der Waals surface area contributed by atoms with Gasteiger partial charge >= 0.3 is 0 Å². The van der Waals surface area contributed by atoms with Gasteiger partial charge in [0.05, 0.1) is 7.11 Å². The van der Waals surface area contributed by atoms with Gasteiger partial charge in [0.25, 0.3) is 0 Å². The fraction of sp³-hybridized carbons (Fsp3) is 0.533. The van der Waals surface area contributed by atoms with E-state index in [0.717, 1.165) is 24.3 Å². The van der Waals surface area contributed by atoms with E-state index in [9.17, 15) is 4.79 Å². The van der Waals surface area contributed by atoms with Crippen molar-refractivity contribution < 1.29 is 9.53 Å². The minimum atomic E-state index is 0.201. The van der Waals surface area contributed by atoms with Crippen LogP contribution in [0.2, 0.25) is 0 Å². The zero-order valence-electron chi connectivity index (χ0n) is 11.3. The predicted molar refractivity (Wildman–Crippen MR) is 72.9 cm³/mol. The number of methoxy groups -OCH3 is 1. The highest BCUT2D eigenvalue weighted by atomic mass is 16.5. The Labute approximate surface area is 109 Å². The molecule has 1 saturated carbocycles. The van der Waals surface area contributed by atoms with Gasteiger partial charge in [0.1, 0.15) is 5.75 Å². The highest BCUT2D eigenvalue weighted by molar-refractivity contribution is 5.94. The van der Waals surface area contributed by atoms with Crippen molar-refractivity contribution in [2.75, 3.05) is 19.1 Å². The van der Waals surface area contributed by atoms with E-state index >= 15 is 0 Å². The molecular formula is C15H21NO2. The van der Waals surface area contributed by atoms with Crippen LogP contribution in [-0.2, 0) is 4.79 Å². The Morgan fingerprint density at radius 2 is 1.94 bits per heavy atom. The smallest absolute Gasteiger partial charge is 0.229 e. The number of hydrogen-bond acceptors (Lipinski definition) is 2. The van der Waals surface area contributed by atoms with E-state index in [1.54, 1.807) is 12.0 Å². The first-order valence-corrected chi connectivity index (χ1v) is 6.53. The highest BCUT2D eigenvalue weighted by Crippen LogP contribution is 2.32. The van der Waals surface area contributed by atoms with Crippen LogP contribution in [-0.4, -0.2) is 20.1 Å². The molecule has 1 amide bonds. The Bertz CT molecular complexity index is 413. The molecule has 0 spiro atoms. The van der Waals surface area contributed by atoms with Gasteiger partial charge in [-0.15, -0.1) is 0 Å². The van der Waals surface area contributed by atoms with Crippen molar-refractivity contribution in [3.63, 3.8) is 0 Å². The van der Waals surface area contributed by atoms with Crippen molar-refractivity contribution in [2.45, 2.75) is 26.2 Å². The maximum absolute atomic E-state index is 12.3. The Hall–Kier alpha value is -1.51. The number of rotatable bonds is 3. The zero-order chi connectivity index (χ0) is 13.1. The van der Waals surface area contributed by atoms with Gasteiger partial charge in [-0.2, -0.15) is 0 Å². The Balaban J connectivity index is 2.05. The second-order valence-electron chi connectivity index (χ2n) is 5.21. The third-order valence-corrected chi connectivity index (χ3v) is 3.83. The van der Waals surface area contributed by atoms with E-state index in [1.807, 2.05) is 31.3 Å². The summed E-state index contributed by atoms with van der Waals surface area (Å²) in [5.41, 5.74) is 0.931. The Morgan fingerprint density at radius 3 is 2.44 bits per heavy atom. The molecule has 0 heterocycles. The fourth-order valence-corrected chi connectivity index (χ4v) is 2.64. The van der Waals surface area contributed by atoms with Crippen LogP contribution in [0.15, 0.2) is 24.3 Å². The molecule has 0 N–H and O–H groups in total. The fourth-order valence-electron chi connectivity index (χ4n) is 2.64. The van der Waals surface area contributed by atoms with Gasteiger partial charge in [-0.3, -0.25) is 4.79 Å². The van der Waals surface area contributed by atoms with Crippen LogP contribution in [0.5, 0.6) is 5.75 Å². The molecule has 1 fully saturated rings. The van der Waals surface area contributed by atoms with Gasteiger partial charge in [0, 0.05) is 18.7 Å². The molecule has 18 heavy (non-hydrogen) atoms. The number of anilines is 1. The predicted octanol–water partition coefficient (Wildman–Crippen LogP) is 3.09. The normalized spacial score (nSPS) is 22.8. The lowest BCUT2D eigenvalue weighted by molar-refractivity contribution is -0.122. The molecule has 1 aromatic carbocycles. The highest BCUT2D eigenvalue weighted by Gasteiger charge is 2.29. The molecule has 1 aliphatic rings. The van der Waals surface area contributed by atoms with E-state index in [2.05, 4.69) is 6.92 Å². The minimum absolute atomic E-state index is 0.201. The molecule has 0 saturated heterocycles. The number of hydrogen-bond donors (Lipinski definition) is 0. The summed E-state index contributed by atoms with van der Waals surface area (Å²) in [6.45, 7) is 2.22. The van der Waals surface area contributed by atoms with Crippen molar-refractivity contribution >= 4 is 11.6 Å². The number of carbonyl (C=O) groups excluding carboxylic acids is 1. The SMILES string of the molecule is COc1ccc(N(C)C(=O)C2CC[C@H](C)C2)cc1. The number of amides is 1. The molecule has 0 bridgehead atoms. The molecular weight excluding hydrogens is 226 g/mol. The summed E-state index contributed by atoms with van der Waals surface area (Å²) in [5, 5.41) is 0. The number of carbonyl (C=O) groups is 1. The van der Waals surface area contributed by atoms with Crippen molar-refractivity contribution in [3.8, 4) is 5.75 Å². The monoisotopic (exact) mass is 247 g/mol. The van der Waals surface area contributed by atoms with Crippen LogP contribution in [0.3, 0.4) is 0 Å². The quantitative estimate of drug-likeness (QED) is 0.821. The largest absolute Gasteiger partial charge is 0.497 e. The average molecular weight is 247 g/mol. The Morgan fingerprint density at radius 1 is 1.28 bits per heavy atom. The van der Waals surface area contributed by atoms with Crippen molar-refractivity contribution in [1.82, 2.24) is 0 Å². The molecule has 3 nitrogen and oxygen atoms in total. The summed E-state index contributed by atoms with van der Waals surface area (Å²) in [4.78, 5) is 14.1. The summed E-state index contributed by atoms with van der Waals surface area (Å²) < 4.78 is 5.12. The lowest BCUT2D eigenvalue weighted by Crippen LogP contribution is -2.31. The summed E-state index contributed by atoms with van der Waals surface area (Å²) in [6, 6.07) is 7.62. The van der Waals surface area contributed by atoms with Crippen molar-refractivity contribution in [1.29, 1.82) is 0 Å². The molecule has 0 radical (unpaired) electrons. The van der Waals surface area contributed by atoms with Crippen molar-refractivity contribution in [2.24, 2.45) is 11.8 Å². The van der Waals surface area contributed by atoms with Gasteiger partial charge in [0.15, 0.2) is 0 Å². The topological polar surface area (TPSA) is 29.5 Å². The minimum Gasteiger partial charge on any atom is -0.497 e. The maximum Gasteiger partial charge on any atom is 0.229 e. The molecule has 0 aliphatic heterocycles. The van der Waals surface area contributed by atoms with Crippen LogP contribution in [0.4, 0.5) is 5.69 Å². The molecule has 3 heteroatoms. The van der Waals surface area contributed by atoms with E-state index < -0.39 is 0 Å². The molecule has 1 unspecified atom stereocenters. The van der Waals surface area contributed by atoms with Crippen LogP contribution >= 0.6 is 0 Å². The van der Waals surface area contributed by atoms with E-state index in [4.69, 9.17) is 4.74 Å².